The first-order valence-corrected chi connectivity index (χ1v) is 7.92. The van der Waals surface area contributed by atoms with E-state index in [4.69, 9.17) is 8.83 Å². The van der Waals surface area contributed by atoms with Gasteiger partial charge in [-0.1, -0.05) is 18.2 Å². The number of para-hydroxylation sites is 1. The molecule has 0 spiro atoms. The molecular formula is C19H20ClNO4. The molecule has 132 valence electrons. The minimum atomic E-state index is -0.748. The van der Waals surface area contributed by atoms with Gasteiger partial charge in [0.1, 0.15) is 16.7 Å². The van der Waals surface area contributed by atoms with Gasteiger partial charge in [-0.2, -0.15) is 0 Å². The molecule has 0 atom stereocenters. The summed E-state index contributed by atoms with van der Waals surface area (Å²) in [6.45, 7) is 1.91. The van der Waals surface area contributed by atoms with Gasteiger partial charge in [0.2, 0.25) is 0 Å². The minimum Gasteiger partial charge on any atom is -0.464 e. The molecule has 0 aliphatic rings. The van der Waals surface area contributed by atoms with E-state index in [0.29, 0.717) is 6.54 Å². The molecule has 4 rings (SSSR count). The van der Waals surface area contributed by atoms with Crippen molar-refractivity contribution in [3.8, 4) is 0 Å². The lowest BCUT2D eigenvalue weighted by Gasteiger charge is -2.26. The fourth-order valence-corrected chi connectivity index (χ4v) is 3.02. The Hall–Kier alpha value is -2.05. The Labute approximate surface area is 150 Å². The standard InChI is InChI=1S/C19H19NO4.ClH/c1-19(10-21,11-22)20-9-12-8-16-17(14-6-7-23-18(12)14)13-4-2-3-5-15(13)24-16;/h2-8,20-22H,9-11H2,1H3;1H. The molecule has 2 heterocycles. The number of fused-ring (bicyclic) bond motifs is 5. The molecule has 0 saturated carbocycles. The van der Waals surface area contributed by atoms with Crippen molar-refractivity contribution in [3.63, 3.8) is 0 Å². The van der Waals surface area contributed by atoms with Crippen LogP contribution in [-0.4, -0.2) is 29.0 Å². The van der Waals surface area contributed by atoms with Crippen molar-refractivity contribution in [2.45, 2.75) is 19.0 Å². The van der Waals surface area contributed by atoms with Gasteiger partial charge >= 0.3 is 0 Å². The molecule has 0 bridgehead atoms. The third-order valence-electron chi connectivity index (χ3n) is 4.56. The van der Waals surface area contributed by atoms with E-state index in [1.807, 2.05) is 36.4 Å². The van der Waals surface area contributed by atoms with Crippen molar-refractivity contribution in [2.24, 2.45) is 0 Å². The normalized spacial score (nSPS) is 12.1. The SMILES string of the molecule is CC(CO)(CO)NCc1cc2oc3ccccc3c2c2ccoc12.Cl. The maximum absolute atomic E-state index is 9.44. The summed E-state index contributed by atoms with van der Waals surface area (Å²) in [6.07, 6.45) is 1.67. The van der Waals surface area contributed by atoms with Crippen LogP contribution in [0.4, 0.5) is 0 Å². The number of furan rings is 2. The van der Waals surface area contributed by atoms with Gasteiger partial charge in [-0.25, -0.2) is 0 Å². The Morgan fingerprint density at radius 1 is 1.04 bits per heavy atom. The highest BCUT2D eigenvalue weighted by atomic mass is 35.5. The van der Waals surface area contributed by atoms with Crippen LogP contribution < -0.4 is 5.32 Å². The molecule has 6 heteroatoms. The molecule has 2 aromatic heterocycles. The molecule has 0 radical (unpaired) electrons. The van der Waals surface area contributed by atoms with Gasteiger partial charge in [-0.3, -0.25) is 0 Å². The lowest BCUT2D eigenvalue weighted by atomic mass is 10.0. The van der Waals surface area contributed by atoms with E-state index in [0.717, 1.165) is 38.5 Å². The monoisotopic (exact) mass is 361 g/mol. The Kier molecular flexibility index (Phi) is 4.75. The van der Waals surface area contributed by atoms with Gasteiger partial charge in [-0.15, -0.1) is 12.4 Å². The number of hydrogen-bond donors (Lipinski definition) is 3. The number of aliphatic hydroxyl groups is 2. The fraction of sp³-hybridized carbons (Fsp3) is 0.263. The average molecular weight is 362 g/mol. The van der Waals surface area contributed by atoms with E-state index < -0.39 is 5.54 Å². The molecule has 0 aliphatic carbocycles. The fourth-order valence-electron chi connectivity index (χ4n) is 3.02. The Morgan fingerprint density at radius 2 is 1.80 bits per heavy atom. The number of hydrogen-bond acceptors (Lipinski definition) is 5. The summed E-state index contributed by atoms with van der Waals surface area (Å²) in [4.78, 5) is 0. The number of rotatable bonds is 5. The van der Waals surface area contributed by atoms with Crippen molar-refractivity contribution < 1.29 is 19.0 Å². The molecule has 0 saturated heterocycles. The van der Waals surface area contributed by atoms with Crippen LogP contribution in [-0.2, 0) is 6.54 Å². The number of halogens is 1. The van der Waals surface area contributed by atoms with E-state index in [-0.39, 0.29) is 25.6 Å². The van der Waals surface area contributed by atoms with Gasteiger partial charge in [-0.05, 0) is 25.1 Å². The lowest BCUT2D eigenvalue weighted by molar-refractivity contribution is 0.103. The quantitative estimate of drug-likeness (QED) is 0.506. The molecule has 0 fully saturated rings. The summed E-state index contributed by atoms with van der Waals surface area (Å²) in [6, 6.07) is 11.8. The third-order valence-corrected chi connectivity index (χ3v) is 4.56. The highest BCUT2D eigenvalue weighted by molar-refractivity contribution is 6.18. The first-order valence-electron chi connectivity index (χ1n) is 7.92. The Bertz CT molecular complexity index is 1020. The molecule has 0 unspecified atom stereocenters. The zero-order chi connectivity index (χ0) is 16.7. The van der Waals surface area contributed by atoms with Crippen LogP contribution in [0.15, 0.2) is 51.5 Å². The largest absolute Gasteiger partial charge is 0.464 e. The van der Waals surface area contributed by atoms with Crippen molar-refractivity contribution >= 4 is 45.3 Å². The second-order valence-corrected chi connectivity index (χ2v) is 6.40. The minimum absolute atomic E-state index is 0. The van der Waals surface area contributed by atoms with Crippen molar-refractivity contribution in [2.75, 3.05) is 13.2 Å². The maximum Gasteiger partial charge on any atom is 0.139 e. The molecule has 0 aliphatic heterocycles. The van der Waals surface area contributed by atoms with Crippen LogP contribution in [0.5, 0.6) is 0 Å². The molecule has 5 nitrogen and oxygen atoms in total. The summed E-state index contributed by atoms with van der Waals surface area (Å²) >= 11 is 0. The van der Waals surface area contributed by atoms with Gasteiger partial charge in [0, 0.05) is 28.3 Å². The van der Waals surface area contributed by atoms with Gasteiger partial charge < -0.3 is 24.4 Å². The zero-order valence-corrected chi connectivity index (χ0v) is 14.6. The number of aliphatic hydroxyl groups excluding tert-OH is 2. The molecular weight excluding hydrogens is 342 g/mol. The topological polar surface area (TPSA) is 78.8 Å². The summed E-state index contributed by atoms with van der Waals surface area (Å²) in [5, 5.41) is 25.2. The molecule has 3 N–H and O–H groups in total. The predicted molar refractivity (Wildman–Crippen MR) is 100 cm³/mol. The summed E-state index contributed by atoms with van der Waals surface area (Å²) in [5.41, 5.74) is 2.61. The van der Waals surface area contributed by atoms with Gasteiger partial charge in [0.15, 0.2) is 0 Å². The van der Waals surface area contributed by atoms with Crippen LogP contribution in [0, 0.1) is 0 Å². The average Bonchev–Trinajstić information content (AvgIpc) is 3.23. The van der Waals surface area contributed by atoms with E-state index in [9.17, 15) is 10.2 Å². The number of benzene rings is 2. The second-order valence-electron chi connectivity index (χ2n) is 6.40. The van der Waals surface area contributed by atoms with Gasteiger partial charge in [0.25, 0.3) is 0 Å². The van der Waals surface area contributed by atoms with Crippen LogP contribution >= 0.6 is 12.4 Å². The van der Waals surface area contributed by atoms with Crippen molar-refractivity contribution in [1.82, 2.24) is 5.32 Å². The Balaban J connectivity index is 0.00000182. The first-order chi connectivity index (χ1) is 11.6. The highest BCUT2D eigenvalue weighted by Gasteiger charge is 2.23. The summed E-state index contributed by atoms with van der Waals surface area (Å²) < 4.78 is 11.7. The van der Waals surface area contributed by atoms with E-state index in [2.05, 4.69) is 5.32 Å². The summed E-state index contributed by atoms with van der Waals surface area (Å²) in [7, 11) is 0. The van der Waals surface area contributed by atoms with Crippen LogP contribution in [0.1, 0.15) is 12.5 Å². The van der Waals surface area contributed by atoms with Gasteiger partial charge in [0.05, 0.1) is 25.0 Å². The van der Waals surface area contributed by atoms with E-state index in [1.54, 1.807) is 13.2 Å². The van der Waals surface area contributed by atoms with Crippen LogP contribution in [0.25, 0.3) is 32.9 Å². The highest BCUT2D eigenvalue weighted by Crippen LogP contribution is 2.36. The zero-order valence-electron chi connectivity index (χ0n) is 13.8. The predicted octanol–water partition coefficient (Wildman–Crippen LogP) is 3.59. The van der Waals surface area contributed by atoms with Crippen molar-refractivity contribution in [3.05, 3.63) is 48.2 Å². The lowest BCUT2D eigenvalue weighted by Crippen LogP contribution is -2.48. The smallest absolute Gasteiger partial charge is 0.139 e. The van der Waals surface area contributed by atoms with Crippen LogP contribution in [0.3, 0.4) is 0 Å². The van der Waals surface area contributed by atoms with E-state index >= 15 is 0 Å². The Morgan fingerprint density at radius 3 is 2.56 bits per heavy atom. The van der Waals surface area contributed by atoms with Crippen LogP contribution in [0.2, 0.25) is 0 Å². The number of nitrogens with one attached hydrogen (secondary N) is 1. The summed E-state index contributed by atoms with van der Waals surface area (Å²) in [5.74, 6) is 0. The first kappa shape index (κ1) is 17.8. The van der Waals surface area contributed by atoms with E-state index in [1.165, 1.54) is 0 Å². The molecule has 25 heavy (non-hydrogen) atoms. The molecule has 4 aromatic rings. The molecule has 0 amide bonds. The van der Waals surface area contributed by atoms with Crippen molar-refractivity contribution in [1.29, 1.82) is 0 Å². The second kappa shape index (κ2) is 6.69. The maximum atomic E-state index is 9.44. The molecule has 2 aromatic carbocycles. The third kappa shape index (κ3) is 2.89.